The Bertz CT molecular complexity index is 1320. The minimum Gasteiger partial charge on any atom is -0.381 e. The van der Waals surface area contributed by atoms with Crippen molar-refractivity contribution in [3.63, 3.8) is 0 Å². The fourth-order valence-corrected chi connectivity index (χ4v) is 5.11. The van der Waals surface area contributed by atoms with Crippen LogP contribution in [0.25, 0.3) is 16.8 Å². The number of rotatable bonds is 7. The van der Waals surface area contributed by atoms with Crippen LogP contribution in [-0.4, -0.2) is 49.5 Å². The van der Waals surface area contributed by atoms with Crippen molar-refractivity contribution < 1.29 is 22.6 Å². The number of ether oxygens (including phenoxy) is 2. The number of benzene rings is 1. The first kappa shape index (κ1) is 27.1. The second-order valence-electron chi connectivity index (χ2n) is 10.1. The third-order valence-corrected chi connectivity index (χ3v) is 7.35. The first-order valence-corrected chi connectivity index (χ1v) is 13.3. The average Bonchev–Trinajstić information content (AvgIpc) is 2.95. The number of nitrogens with one attached hydrogen (secondary N) is 1. The Morgan fingerprint density at radius 2 is 1.77 bits per heavy atom. The maximum absolute atomic E-state index is 13.2. The predicted molar refractivity (Wildman–Crippen MR) is 147 cm³/mol. The van der Waals surface area contributed by atoms with Gasteiger partial charge in [-0.25, -0.2) is 0 Å². The molecule has 39 heavy (non-hydrogen) atoms. The van der Waals surface area contributed by atoms with Crippen molar-refractivity contribution in [2.45, 2.75) is 32.4 Å². The maximum atomic E-state index is 13.2. The summed E-state index contributed by atoms with van der Waals surface area (Å²) in [6.45, 7) is 10.5. The van der Waals surface area contributed by atoms with Crippen LogP contribution in [0.4, 0.5) is 24.5 Å². The van der Waals surface area contributed by atoms with Crippen LogP contribution in [0.3, 0.4) is 0 Å². The van der Waals surface area contributed by atoms with E-state index in [-0.39, 0.29) is 0 Å². The van der Waals surface area contributed by atoms with E-state index >= 15 is 0 Å². The van der Waals surface area contributed by atoms with E-state index in [1.165, 1.54) is 6.07 Å². The zero-order valence-corrected chi connectivity index (χ0v) is 22.1. The number of halogens is 3. The molecule has 4 heterocycles. The van der Waals surface area contributed by atoms with Gasteiger partial charge in [0.15, 0.2) is 0 Å². The Balaban J connectivity index is 1.42. The number of pyridine rings is 2. The first-order chi connectivity index (χ1) is 18.8. The van der Waals surface area contributed by atoms with Crippen LogP contribution in [0.1, 0.15) is 35.4 Å². The lowest BCUT2D eigenvalue weighted by molar-refractivity contribution is -0.137. The third kappa shape index (κ3) is 6.59. The molecule has 0 atom stereocenters. The van der Waals surface area contributed by atoms with Crippen molar-refractivity contribution >= 4 is 17.1 Å². The molecule has 0 radical (unpaired) electrons. The van der Waals surface area contributed by atoms with Gasteiger partial charge < -0.3 is 19.7 Å². The highest BCUT2D eigenvalue weighted by Crippen LogP contribution is 2.34. The van der Waals surface area contributed by atoms with Crippen molar-refractivity contribution in [1.82, 2.24) is 9.97 Å². The Hall–Kier alpha value is -3.43. The summed E-state index contributed by atoms with van der Waals surface area (Å²) < 4.78 is 50.7. The zero-order chi connectivity index (χ0) is 27.4. The largest absolute Gasteiger partial charge is 0.416 e. The van der Waals surface area contributed by atoms with E-state index in [1.54, 1.807) is 12.3 Å². The fraction of sp³-hybridized carbons (Fsp3) is 0.400. The van der Waals surface area contributed by atoms with Crippen molar-refractivity contribution in [2.24, 2.45) is 5.92 Å². The summed E-state index contributed by atoms with van der Waals surface area (Å²) in [6, 6.07) is 9.25. The number of aryl methyl sites for hydroxylation is 1. The Kier molecular flexibility index (Phi) is 8.18. The molecule has 0 spiro atoms. The summed E-state index contributed by atoms with van der Waals surface area (Å²) in [5.74, 6) is 0.551. The van der Waals surface area contributed by atoms with Gasteiger partial charge in [0.25, 0.3) is 0 Å². The SMILES string of the molecule is C=C(Nc1cnc(C)c(-c2cnc(CC3CCOCC3)c(N3CCOCC3)c2)c1)c1cccc(C(F)(F)F)c1. The van der Waals surface area contributed by atoms with Gasteiger partial charge in [0.05, 0.1) is 42.0 Å². The normalized spacial score (nSPS) is 16.8. The standard InChI is InChI=1S/C30H33F3N4O2/c1-20(23-4-3-5-25(15-23)30(31,32)33)36-26-17-27(21(2)34-19-26)24-16-29(37-8-12-39-13-9-37)28(35-18-24)14-22-6-10-38-11-7-22/h3-5,15-19,22,36H,1,6-14H2,2H3. The zero-order valence-electron chi connectivity index (χ0n) is 22.1. The van der Waals surface area contributed by atoms with Gasteiger partial charge in [-0.1, -0.05) is 18.7 Å². The number of hydrogen-bond donors (Lipinski definition) is 1. The molecule has 0 aliphatic carbocycles. The first-order valence-electron chi connectivity index (χ1n) is 13.3. The predicted octanol–water partition coefficient (Wildman–Crippen LogP) is 6.36. The van der Waals surface area contributed by atoms with Crippen molar-refractivity contribution in [2.75, 3.05) is 49.7 Å². The van der Waals surface area contributed by atoms with E-state index < -0.39 is 11.7 Å². The van der Waals surface area contributed by atoms with Gasteiger partial charge in [-0.2, -0.15) is 13.2 Å². The molecule has 0 saturated carbocycles. The van der Waals surface area contributed by atoms with Crippen molar-refractivity contribution in [1.29, 1.82) is 0 Å². The molecule has 2 aliphatic heterocycles. The molecule has 2 fully saturated rings. The minimum atomic E-state index is -4.42. The number of alkyl halides is 3. The molecule has 0 bridgehead atoms. The smallest absolute Gasteiger partial charge is 0.381 e. The lowest BCUT2D eigenvalue weighted by atomic mass is 9.93. The number of anilines is 2. The highest BCUT2D eigenvalue weighted by Gasteiger charge is 2.30. The van der Waals surface area contributed by atoms with Gasteiger partial charge >= 0.3 is 6.18 Å². The molecule has 1 aromatic carbocycles. The van der Waals surface area contributed by atoms with Gasteiger partial charge in [-0.05, 0) is 61.9 Å². The van der Waals surface area contributed by atoms with Gasteiger partial charge in [-0.15, -0.1) is 0 Å². The second-order valence-corrected chi connectivity index (χ2v) is 10.1. The summed E-state index contributed by atoms with van der Waals surface area (Å²) in [5.41, 5.74) is 5.51. The molecule has 0 unspecified atom stereocenters. The molecule has 6 nitrogen and oxygen atoms in total. The minimum absolute atomic E-state index is 0.358. The van der Waals surface area contributed by atoms with Crippen LogP contribution in [0.15, 0.2) is 55.4 Å². The van der Waals surface area contributed by atoms with Crippen LogP contribution in [0.5, 0.6) is 0 Å². The lowest BCUT2D eigenvalue weighted by Gasteiger charge is -2.31. The molecular weight excluding hydrogens is 505 g/mol. The Morgan fingerprint density at radius 3 is 2.51 bits per heavy atom. The number of aromatic nitrogens is 2. The van der Waals surface area contributed by atoms with E-state index in [0.717, 1.165) is 85.9 Å². The average molecular weight is 539 g/mol. The highest BCUT2D eigenvalue weighted by molar-refractivity contribution is 5.79. The molecule has 9 heteroatoms. The molecular formula is C30H33F3N4O2. The van der Waals surface area contributed by atoms with E-state index in [0.29, 0.717) is 36.1 Å². The van der Waals surface area contributed by atoms with Crippen LogP contribution < -0.4 is 10.2 Å². The van der Waals surface area contributed by atoms with Crippen LogP contribution in [0.2, 0.25) is 0 Å². The molecule has 3 aromatic rings. The van der Waals surface area contributed by atoms with Gasteiger partial charge in [0.1, 0.15) is 0 Å². The van der Waals surface area contributed by atoms with Gasteiger partial charge in [0, 0.05) is 55.0 Å². The summed E-state index contributed by atoms with van der Waals surface area (Å²) in [7, 11) is 0. The molecule has 5 rings (SSSR count). The van der Waals surface area contributed by atoms with Gasteiger partial charge in [-0.3, -0.25) is 9.97 Å². The molecule has 2 aromatic heterocycles. The van der Waals surface area contributed by atoms with Gasteiger partial charge in [0.2, 0.25) is 0 Å². The third-order valence-electron chi connectivity index (χ3n) is 7.35. The number of hydrogen-bond acceptors (Lipinski definition) is 6. The summed E-state index contributed by atoms with van der Waals surface area (Å²) in [6.07, 6.45) is 2.13. The highest BCUT2D eigenvalue weighted by atomic mass is 19.4. The van der Waals surface area contributed by atoms with Crippen LogP contribution in [-0.2, 0) is 22.1 Å². The van der Waals surface area contributed by atoms with E-state index in [9.17, 15) is 13.2 Å². The Labute approximate surface area is 226 Å². The van der Waals surface area contributed by atoms with Crippen LogP contribution in [0, 0.1) is 12.8 Å². The molecule has 206 valence electrons. The van der Waals surface area contributed by atoms with Crippen LogP contribution >= 0.6 is 0 Å². The van der Waals surface area contributed by atoms with E-state index in [1.807, 2.05) is 19.2 Å². The Morgan fingerprint density at radius 1 is 1.03 bits per heavy atom. The fourth-order valence-electron chi connectivity index (χ4n) is 5.11. The monoisotopic (exact) mass is 538 g/mol. The summed E-state index contributed by atoms with van der Waals surface area (Å²) >= 11 is 0. The van der Waals surface area contributed by atoms with Crippen molar-refractivity contribution in [3.8, 4) is 11.1 Å². The van der Waals surface area contributed by atoms with E-state index in [4.69, 9.17) is 14.5 Å². The molecule has 1 N–H and O–H groups in total. The number of morpholine rings is 1. The molecule has 2 saturated heterocycles. The van der Waals surface area contributed by atoms with Crippen molar-refractivity contribution in [3.05, 3.63) is 77.9 Å². The molecule has 2 aliphatic rings. The topological polar surface area (TPSA) is 59.5 Å². The second kappa shape index (κ2) is 11.8. The summed E-state index contributed by atoms with van der Waals surface area (Å²) in [5, 5.41) is 3.13. The van der Waals surface area contributed by atoms with E-state index in [2.05, 4.69) is 27.8 Å². The molecule has 0 amide bonds. The maximum Gasteiger partial charge on any atom is 0.416 e. The lowest BCUT2D eigenvalue weighted by Crippen LogP contribution is -2.37. The number of nitrogens with zero attached hydrogens (tertiary/aromatic N) is 3. The quantitative estimate of drug-likeness (QED) is 0.378. The summed E-state index contributed by atoms with van der Waals surface area (Å²) in [4.78, 5) is 11.8.